The third kappa shape index (κ3) is 2.52. The molecule has 2 heterocycles. The van der Waals surface area contributed by atoms with Gasteiger partial charge in [0.2, 0.25) is 5.95 Å². The zero-order valence-electron chi connectivity index (χ0n) is 9.08. The maximum absolute atomic E-state index is 13.5. The van der Waals surface area contributed by atoms with Crippen molar-refractivity contribution in [2.24, 2.45) is 0 Å². The first kappa shape index (κ1) is 11.8. The van der Waals surface area contributed by atoms with Crippen molar-refractivity contribution in [1.82, 2.24) is 4.98 Å². The van der Waals surface area contributed by atoms with Crippen molar-refractivity contribution < 1.29 is 9.50 Å². The number of rotatable bonds is 1. The molecule has 1 fully saturated rings. The zero-order chi connectivity index (χ0) is 11.8. The number of pyridine rings is 1. The minimum Gasteiger partial charge on any atom is -0.390 e. The fourth-order valence-electron chi connectivity index (χ4n) is 1.86. The van der Waals surface area contributed by atoms with Crippen LogP contribution < -0.4 is 4.90 Å². The zero-order valence-corrected chi connectivity index (χ0v) is 10.7. The second kappa shape index (κ2) is 4.30. The van der Waals surface area contributed by atoms with Gasteiger partial charge in [-0.15, -0.1) is 0 Å². The number of hydrogen-bond donors (Lipinski definition) is 1. The van der Waals surface area contributed by atoms with E-state index in [1.54, 1.807) is 6.07 Å². The average molecular weight is 289 g/mol. The molecule has 0 amide bonds. The minimum absolute atomic E-state index is 0.454. The van der Waals surface area contributed by atoms with Gasteiger partial charge in [0, 0.05) is 23.8 Å². The second-order valence-electron chi connectivity index (χ2n) is 4.45. The van der Waals surface area contributed by atoms with Gasteiger partial charge in [0.1, 0.15) is 0 Å². The molecule has 88 valence electrons. The van der Waals surface area contributed by atoms with Crippen molar-refractivity contribution >= 4 is 21.6 Å². The maximum Gasteiger partial charge on any atom is 0.236 e. The van der Waals surface area contributed by atoms with E-state index in [1.165, 1.54) is 6.20 Å². The molecule has 1 aliphatic rings. The Morgan fingerprint density at radius 1 is 1.50 bits per heavy atom. The van der Waals surface area contributed by atoms with Gasteiger partial charge < -0.3 is 10.0 Å². The van der Waals surface area contributed by atoms with Crippen LogP contribution in [0.2, 0.25) is 0 Å². The van der Waals surface area contributed by atoms with E-state index in [1.807, 2.05) is 11.8 Å². The molecule has 1 saturated heterocycles. The predicted octanol–water partition coefficient (Wildman–Crippen LogP) is 2.33. The van der Waals surface area contributed by atoms with E-state index >= 15 is 0 Å². The van der Waals surface area contributed by atoms with Gasteiger partial charge in [0.15, 0.2) is 0 Å². The number of nitrogens with zero attached hydrogens (tertiary/aromatic N) is 2. The van der Waals surface area contributed by atoms with E-state index in [4.69, 9.17) is 0 Å². The van der Waals surface area contributed by atoms with Gasteiger partial charge in [-0.05, 0) is 41.8 Å². The summed E-state index contributed by atoms with van der Waals surface area (Å²) in [5.41, 5.74) is -0.114. The van der Waals surface area contributed by atoms with E-state index in [0.717, 1.165) is 4.47 Å². The van der Waals surface area contributed by atoms with Crippen LogP contribution in [0.5, 0.6) is 0 Å². The molecule has 5 heteroatoms. The van der Waals surface area contributed by atoms with Crippen molar-refractivity contribution in [3.05, 3.63) is 22.7 Å². The number of anilines is 1. The summed E-state index contributed by atoms with van der Waals surface area (Å²) in [6.07, 6.45) is 2.75. The molecule has 0 bridgehead atoms. The molecule has 1 aromatic rings. The summed E-state index contributed by atoms with van der Waals surface area (Å²) in [7, 11) is 0. The van der Waals surface area contributed by atoms with Crippen LogP contribution in [-0.4, -0.2) is 28.8 Å². The van der Waals surface area contributed by atoms with Crippen LogP contribution in [0.1, 0.15) is 19.8 Å². The van der Waals surface area contributed by atoms with E-state index in [-0.39, 0.29) is 0 Å². The molecule has 16 heavy (non-hydrogen) atoms. The largest absolute Gasteiger partial charge is 0.390 e. The monoisotopic (exact) mass is 288 g/mol. The Bertz CT molecular complexity index is 388. The van der Waals surface area contributed by atoms with Crippen molar-refractivity contribution in [2.75, 3.05) is 18.0 Å². The molecule has 3 nitrogen and oxygen atoms in total. The highest BCUT2D eigenvalue weighted by molar-refractivity contribution is 9.10. The van der Waals surface area contributed by atoms with E-state index < -0.39 is 11.5 Å². The Kier molecular flexibility index (Phi) is 3.17. The van der Waals surface area contributed by atoms with Gasteiger partial charge in [-0.1, -0.05) is 0 Å². The number of halogens is 2. The molecule has 0 aromatic carbocycles. The quantitative estimate of drug-likeness (QED) is 0.806. The van der Waals surface area contributed by atoms with Gasteiger partial charge in [0.25, 0.3) is 0 Å². The van der Waals surface area contributed by atoms with Crippen LogP contribution >= 0.6 is 15.9 Å². The minimum atomic E-state index is -0.619. The lowest BCUT2D eigenvalue weighted by Crippen LogP contribution is -2.42. The molecule has 0 aliphatic carbocycles. The number of hydrogen-bond acceptors (Lipinski definition) is 3. The van der Waals surface area contributed by atoms with E-state index in [9.17, 15) is 9.50 Å². The first-order chi connectivity index (χ1) is 7.48. The summed E-state index contributed by atoms with van der Waals surface area (Å²) in [6, 6.07) is 1.72. The molecule has 0 unspecified atom stereocenters. The van der Waals surface area contributed by atoms with Crippen LogP contribution in [0.25, 0.3) is 0 Å². The Balaban J connectivity index is 2.17. The molecular weight excluding hydrogens is 275 g/mol. The van der Waals surface area contributed by atoms with Crippen LogP contribution in [0.3, 0.4) is 0 Å². The highest BCUT2D eigenvalue weighted by atomic mass is 79.9. The normalized spacial score (nSPS) is 19.9. The fraction of sp³-hybridized carbons (Fsp3) is 0.545. The topological polar surface area (TPSA) is 36.4 Å². The summed E-state index contributed by atoms with van der Waals surface area (Å²) in [5, 5.41) is 9.82. The van der Waals surface area contributed by atoms with Crippen molar-refractivity contribution in [3.8, 4) is 0 Å². The number of aliphatic hydroxyl groups is 1. The lowest BCUT2D eigenvalue weighted by atomic mass is 9.93. The standard InChI is InChI=1S/C11H14BrFN2O/c1-11(16)2-4-15(5-3-11)9-6-8(12)7-14-10(9)13/h6-7,16H,2-5H2,1H3. The smallest absolute Gasteiger partial charge is 0.236 e. The molecule has 0 spiro atoms. The van der Waals surface area contributed by atoms with Crippen molar-refractivity contribution in [1.29, 1.82) is 0 Å². The molecule has 0 radical (unpaired) electrons. The lowest BCUT2D eigenvalue weighted by Gasteiger charge is -2.37. The third-order valence-corrected chi connectivity index (χ3v) is 3.40. The molecule has 1 N–H and O–H groups in total. The second-order valence-corrected chi connectivity index (χ2v) is 5.36. The van der Waals surface area contributed by atoms with E-state index in [0.29, 0.717) is 31.6 Å². The first-order valence-electron chi connectivity index (χ1n) is 5.26. The van der Waals surface area contributed by atoms with E-state index in [2.05, 4.69) is 20.9 Å². The summed E-state index contributed by atoms with van der Waals surface area (Å²) < 4.78 is 14.3. The number of aromatic nitrogens is 1. The molecule has 1 aliphatic heterocycles. The van der Waals surface area contributed by atoms with Crippen molar-refractivity contribution in [3.63, 3.8) is 0 Å². The van der Waals surface area contributed by atoms with Gasteiger partial charge >= 0.3 is 0 Å². The summed E-state index contributed by atoms with van der Waals surface area (Å²) in [6.45, 7) is 3.13. The average Bonchev–Trinajstić information content (AvgIpc) is 2.22. The number of piperidine rings is 1. The SMILES string of the molecule is CC1(O)CCN(c2cc(Br)cnc2F)CC1. The maximum atomic E-state index is 13.5. The van der Waals surface area contributed by atoms with Gasteiger partial charge in [-0.25, -0.2) is 4.98 Å². The molecule has 1 aromatic heterocycles. The van der Waals surface area contributed by atoms with Crippen molar-refractivity contribution in [2.45, 2.75) is 25.4 Å². The molecular formula is C11H14BrFN2O. The first-order valence-corrected chi connectivity index (χ1v) is 6.06. The Morgan fingerprint density at radius 3 is 2.75 bits per heavy atom. The summed E-state index contributed by atoms with van der Waals surface area (Å²) >= 11 is 3.28. The molecule has 0 saturated carbocycles. The Hall–Kier alpha value is -0.680. The lowest BCUT2D eigenvalue weighted by molar-refractivity contribution is 0.0350. The highest BCUT2D eigenvalue weighted by Crippen LogP contribution is 2.28. The summed E-state index contributed by atoms with van der Waals surface area (Å²) in [4.78, 5) is 5.59. The van der Waals surface area contributed by atoms with Crippen LogP contribution in [0.15, 0.2) is 16.7 Å². The fourth-order valence-corrected chi connectivity index (χ4v) is 2.18. The Labute approximate surface area is 102 Å². The third-order valence-electron chi connectivity index (χ3n) is 2.97. The van der Waals surface area contributed by atoms with Crippen LogP contribution in [-0.2, 0) is 0 Å². The predicted molar refractivity (Wildman–Crippen MR) is 64.0 cm³/mol. The van der Waals surface area contributed by atoms with Gasteiger partial charge in [-0.3, -0.25) is 0 Å². The Morgan fingerprint density at radius 2 is 2.12 bits per heavy atom. The van der Waals surface area contributed by atoms with Gasteiger partial charge in [0.05, 0.1) is 11.3 Å². The van der Waals surface area contributed by atoms with Crippen LogP contribution in [0, 0.1) is 5.95 Å². The highest BCUT2D eigenvalue weighted by Gasteiger charge is 2.28. The molecule has 2 rings (SSSR count). The molecule has 0 atom stereocenters. The van der Waals surface area contributed by atoms with Gasteiger partial charge in [-0.2, -0.15) is 4.39 Å². The van der Waals surface area contributed by atoms with Crippen LogP contribution in [0.4, 0.5) is 10.1 Å². The summed E-state index contributed by atoms with van der Waals surface area (Å²) in [5.74, 6) is -0.454.